The van der Waals surface area contributed by atoms with Gasteiger partial charge >= 0.3 is 0 Å². The fourth-order valence-electron chi connectivity index (χ4n) is 2.43. The van der Waals surface area contributed by atoms with E-state index >= 15 is 0 Å². The molecule has 0 bridgehead atoms. The van der Waals surface area contributed by atoms with Crippen molar-refractivity contribution in [3.05, 3.63) is 83.2 Å². The second-order valence-corrected chi connectivity index (χ2v) is 5.03. The number of halogens is 1. The fraction of sp³-hybridized carbons (Fsp3) is 0.111. The van der Waals surface area contributed by atoms with Gasteiger partial charge in [-0.25, -0.2) is 4.39 Å². The van der Waals surface area contributed by atoms with Gasteiger partial charge in [-0.15, -0.1) is 0 Å². The predicted molar refractivity (Wildman–Crippen MR) is 79.1 cm³/mol. The molecule has 0 aliphatic carbocycles. The van der Waals surface area contributed by atoms with E-state index in [1.54, 1.807) is 12.1 Å². The maximum absolute atomic E-state index is 13.9. The van der Waals surface area contributed by atoms with E-state index in [1.165, 1.54) is 6.07 Å². The molecule has 0 saturated carbocycles. The first-order valence-corrected chi connectivity index (χ1v) is 6.58. The van der Waals surface area contributed by atoms with E-state index in [2.05, 4.69) is 0 Å². The minimum Gasteiger partial charge on any atom is -0.384 e. The molecule has 1 atom stereocenters. The zero-order valence-electron chi connectivity index (χ0n) is 11.2. The first-order valence-electron chi connectivity index (χ1n) is 6.58. The lowest BCUT2D eigenvalue weighted by atomic mass is 9.97. The molecule has 0 heterocycles. The van der Waals surface area contributed by atoms with Gasteiger partial charge in [0.1, 0.15) is 11.9 Å². The van der Waals surface area contributed by atoms with E-state index in [1.807, 2.05) is 49.4 Å². The Morgan fingerprint density at radius 1 is 0.900 bits per heavy atom. The van der Waals surface area contributed by atoms with Crippen molar-refractivity contribution in [2.45, 2.75) is 13.0 Å². The number of aryl methyl sites for hydroxylation is 1. The summed E-state index contributed by atoms with van der Waals surface area (Å²) in [5, 5.41) is 12.6. The SMILES string of the molecule is Cc1ccc(F)c(C(O)c2ccc3ccccc3c2)c1. The number of benzene rings is 3. The third-order valence-corrected chi connectivity index (χ3v) is 3.54. The highest BCUT2D eigenvalue weighted by atomic mass is 19.1. The molecular formula is C18H15FO. The molecule has 1 unspecified atom stereocenters. The van der Waals surface area contributed by atoms with Crippen molar-refractivity contribution >= 4 is 10.8 Å². The molecular weight excluding hydrogens is 251 g/mol. The van der Waals surface area contributed by atoms with E-state index in [4.69, 9.17) is 0 Å². The summed E-state index contributed by atoms with van der Waals surface area (Å²) in [7, 11) is 0. The summed E-state index contributed by atoms with van der Waals surface area (Å²) >= 11 is 0. The van der Waals surface area contributed by atoms with Crippen LogP contribution in [0.25, 0.3) is 10.8 Å². The van der Waals surface area contributed by atoms with Crippen LogP contribution in [0.1, 0.15) is 22.8 Å². The summed E-state index contributed by atoms with van der Waals surface area (Å²) in [6.45, 7) is 1.88. The van der Waals surface area contributed by atoms with Gasteiger partial charge in [0.25, 0.3) is 0 Å². The van der Waals surface area contributed by atoms with Crippen LogP contribution < -0.4 is 0 Å². The Hall–Kier alpha value is -2.19. The molecule has 0 radical (unpaired) electrons. The maximum atomic E-state index is 13.9. The molecule has 20 heavy (non-hydrogen) atoms. The van der Waals surface area contributed by atoms with E-state index in [0.717, 1.165) is 16.3 Å². The van der Waals surface area contributed by atoms with Gasteiger partial charge in [0.2, 0.25) is 0 Å². The molecule has 100 valence electrons. The van der Waals surface area contributed by atoms with E-state index < -0.39 is 6.10 Å². The Bertz CT molecular complexity index is 764. The molecule has 0 amide bonds. The van der Waals surface area contributed by atoms with Gasteiger partial charge in [-0.2, -0.15) is 0 Å². The molecule has 0 fully saturated rings. The Labute approximate surface area is 117 Å². The van der Waals surface area contributed by atoms with E-state index in [9.17, 15) is 9.50 Å². The van der Waals surface area contributed by atoms with E-state index in [-0.39, 0.29) is 5.82 Å². The second kappa shape index (κ2) is 5.06. The highest BCUT2D eigenvalue weighted by Crippen LogP contribution is 2.27. The quantitative estimate of drug-likeness (QED) is 0.730. The molecule has 2 heteroatoms. The van der Waals surface area contributed by atoms with Crippen molar-refractivity contribution in [2.24, 2.45) is 0 Å². The van der Waals surface area contributed by atoms with Crippen LogP contribution in [-0.2, 0) is 0 Å². The van der Waals surface area contributed by atoms with Crippen LogP contribution in [0.15, 0.2) is 60.7 Å². The summed E-state index contributed by atoms with van der Waals surface area (Å²) in [5.41, 5.74) is 1.95. The van der Waals surface area contributed by atoms with Crippen LogP contribution in [0.4, 0.5) is 4.39 Å². The Morgan fingerprint density at radius 2 is 1.65 bits per heavy atom. The predicted octanol–water partition coefficient (Wildman–Crippen LogP) is 4.37. The van der Waals surface area contributed by atoms with Crippen LogP contribution in [0.2, 0.25) is 0 Å². The average molecular weight is 266 g/mol. The first kappa shape index (κ1) is 12.8. The molecule has 3 aromatic rings. The third kappa shape index (κ3) is 2.30. The lowest BCUT2D eigenvalue weighted by Gasteiger charge is -2.14. The second-order valence-electron chi connectivity index (χ2n) is 5.03. The highest BCUT2D eigenvalue weighted by Gasteiger charge is 2.15. The van der Waals surface area contributed by atoms with Crippen molar-refractivity contribution < 1.29 is 9.50 Å². The molecule has 1 nitrogen and oxygen atoms in total. The van der Waals surface area contributed by atoms with Crippen molar-refractivity contribution in [1.29, 1.82) is 0 Å². The van der Waals surface area contributed by atoms with Crippen molar-refractivity contribution in [1.82, 2.24) is 0 Å². The standard InChI is InChI=1S/C18H15FO/c1-12-6-9-17(19)16(10-12)18(20)15-8-7-13-4-2-3-5-14(13)11-15/h2-11,18,20H,1H3. The Kier molecular flexibility index (Phi) is 3.25. The fourth-order valence-corrected chi connectivity index (χ4v) is 2.43. The molecule has 0 aromatic heterocycles. The van der Waals surface area contributed by atoms with Crippen LogP contribution >= 0.6 is 0 Å². The lowest BCUT2D eigenvalue weighted by molar-refractivity contribution is 0.215. The summed E-state index contributed by atoms with van der Waals surface area (Å²) in [5.74, 6) is -0.378. The number of aliphatic hydroxyl groups is 1. The van der Waals surface area contributed by atoms with Gasteiger partial charge in [-0.3, -0.25) is 0 Å². The number of aliphatic hydroxyl groups excluding tert-OH is 1. The van der Waals surface area contributed by atoms with Crippen LogP contribution in [0.5, 0.6) is 0 Å². The van der Waals surface area contributed by atoms with Crippen LogP contribution in [-0.4, -0.2) is 5.11 Å². The number of fused-ring (bicyclic) bond motifs is 1. The number of rotatable bonds is 2. The minimum atomic E-state index is -0.945. The summed E-state index contributed by atoms with van der Waals surface area (Å²) in [6.07, 6.45) is -0.945. The van der Waals surface area contributed by atoms with Crippen molar-refractivity contribution in [2.75, 3.05) is 0 Å². The first-order chi connectivity index (χ1) is 9.65. The lowest BCUT2D eigenvalue weighted by Crippen LogP contribution is -2.03. The van der Waals surface area contributed by atoms with Gasteiger partial charge in [-0.1, -0.05) is 54.1 Å². The molecule has 1 N–H and O–H groups in total. The smallest absolute Gasteiger partial charge is 0.129 e. The van der Waals surface area contributed by atoms with Gasteiger partial charge in [0, 0.05) is 5.56 Å². The van der Waals surface area contributed by atoms with Crippen LogP contribution in [0, 0.1) is 12.7 Å². The highest BCUT2D eigenvalue weighted by molar-refractivity contribution is 5.83. The monoisotopic (exact) mass is 266 g/mol. The molecule has 3 aromatic carbocycles. The van der Waals surface area contributed by atoms with Gasteiger partial charge in [0.05, 0.1) is 0 Å². The Balaban J connectivity index is 2.07. The zero-order chi connectivity index (χ0) is 14.1. The normalized spacial score (nSPS) is 12.6. The molecule has 3 rings (SSSR count). The van der Waals surface area contributed by atoms with Crippen molar-refractivity contribution in [3.63, 3.8) is 0 Å². The van der Waals surface area contributed by atoms with Gasteiger partial charge < -0.3 is 5.11 Å². The number of hydrogen-bond acceptors (Lipinski definition) is 1. The largest absolute Gasteiger partial charge is 0.384 e. The van der Waals surface area contributed by atoms with Crippen molar-refractivity contribution in [3.8, 4) is 0 Å². The Morgan fingerprint density at radius 3 is 2.45 bits per heavy atom. The zero-order valence-corrected chi connectivity index (χ0v) is 11.2. The van der Waals surface area contributed by atoms with Gasteiger partial charge in [0.15, 0.2) is 0 Å². The summed E-state index contributed by atoms with van der Waals surface area (Å²) in [4.78, 5) is 0. The van der Waals surface area contributed by atoms with Gasteiger partial charge in [-0.05, 0) is 35.4 Å². The maximum Gasteiger partial charge on any atom is 0.129 e. The summed E-state index contributed by atoms with van der Waals surface area (Å²) in [6, 6.07) is 18.4. The van der Waals surface area contributed by atoms with Crippen LogP contribution in [0.3, 0.4) is 0 Å². The topological polar surface area (TPSA) is 20.2 Å². The average Bonchev–Trinajstić information content (AvgIpc) is 2.48. The summed E-state index contributed by atoms with van der Waals surface area (Å²) < 4.78 is 13.9. The third-order valence-electron chi connectivity index (χ3n) is 3.54. The van der Waals surface area contributed by atoms with E-state index in [0.29, 0.717) is 11.1 Å². The molecule has 0 spiro atoms. The molecule has 0 saturated heterocycles. The molecule has 0 aliphatic rings. The molecule has 0 aliphatic heterocycles. The number of hydrogen-bond donors (Lipinski definition) is 1. The minimum absolute atomic E-state index is 0.320.